The molecule has 4 rings (SSSR count). The van der Waals surface area contributed by atoms with E-state index in [9.17, 15) is 4.21 Å². The first-order chi connectivity index (χ1) is 14.5. The highest BCUT2D eigenvalue weighted by Gasteiger charge is 2.31. The van der Waals surface area contributed by atoms with Crippen LogP contribution in [0.5, 0.6) is 0 Å². The Kier molecular flexibility index (Phi) is 5.79. The topological polar surface area (TPSA) is 82.0 Å². The van der Waals surface area contributed by atoms with Gasteiger partial charge in [0.1, 0.15) is 5.69 Å². The van der Waals surface area contributed by atoms with Gasteiger partial charge in [0, 0.05) is 22.8 Å². The minimum absolute atomic E-state index is 0.0639. The maximum absolute atomic E-state index is 12.2. The predicted octanol–water partition coefficient (Wildman–Crippen LogP) is 5.01. The van der Waals surface area contributed by atoms with Gasteiger partial charge < -0.3 is 4.52 Å². The molecular formula is C24H25N3O2S. The fourth-order valence-corrected chi connectivity index (χ4v) is 4.25. The molecule has 2 atom stereocenters. The summed E-state index contributed by atoms with van der Waals surface area (Å²) in [5.74, 6) is 0.0639. The van der Waals surface area contributed by atoms with Crippen LogP contribution in [0, 0.1) is 0 Å². The minimum Gasteiger partial charge on any atom is -0.356 e. The zero-order chi connectivity index (χ0) is 21.1. The Balaban J connectivity index is 1.82. The van der Waals surface area contributed by atoms with Gasteiger partial charge in [-0.05, 0) is 62.4 Å². The molecule has 0 amide bonds. The van der Waals surface area contributed by atoms with Crippen LogP contribution >= 0.6 is 0 Å². The predicted molar refractivity (Wildman–Crippen MR) is 121 cm³/mol. The van der Waals surface area contributed by atoms with E-state index in [1.807, 2.05) is 68.4 Å². The van der Waals surface area contributed by atoms with Crippen LogP contribution in [0.1, 0.15) is 37.4 Å². The standard InChI is InChI=1S/C24H25N3O2S/c1-24(2,30(25)28)16-17(15-18-9-7-8-14-26-18)19-10-3-4-11-20(19)23-21-12-5-6-13-22(21)29-27-23/h3-14,17H,15-16,25H2,1-2H3/t17-,30?/m0/s1. The van der Waals surface area contributed by atoms with E-state index in [1.165, 1.54) is 0 Å². The molecule has 0 aliphatic rings. The third-order valence-corrected chi connectivity index (χ3v) is 6.75. The smallest absolute Gasteiger partial charge is 0.167 e. The quantitative estimate of drug-likeness (QED) is 0.457. The Bertz CT molecular complexity index is 1170. The van der Waals surface area contributed by atoms with Gasteiger partial charge in [0.05, 0.1) is 15.7 Å². The summed E-state index contributed by atoms with van der Waals surface area (Å²) in [7, 11) is -1.45. The maximum Gasteiger partial charge on any atom is 0.167 e. The van der Waals surface area contributed by atoms with Gasteiger partial charge in [-0.1, -0.05) is 47.6 Å². The van der Waals surface area contributed by atoms with Crippen molar-refractivity contribution < 1.29 is 8.73 Å². The van der Waals surface area contributed by atoms with Gasteiger partial charge in [-0.2, -0.15) is 0 Å². The molecule has 0 saturated carbocycles. The number of hydrogen-bond acceptors (Lipinski definition) is 4. The second-order valence-electron chi connectivity index (χ2n) is 8.10. The monoisotopic (exact) mass is 419 g/mol. The van der Waals surface area contributed by atoms with Crippen LogP contribution < -0.4 is 5.14 Å². The van der Waals surface area contributed by atoms with Crippen LogP contribution in [0.15, 0.2) is 77.4 Å². The first kappa shape index (κ1) is 20.4. The van der Waals surface area contributed by atoms with Crippen LogP contribution in [0.25, 0.3) is 22.2 Å². The normalized spacial score (nSPS) is 14.0. The third kappa shape index (κ3) is 4.20. The Labute approximate surface area is 178 Å². The largest absolute Gasteiger partial charge is 0.356 e. The van der Waals surface area contributed by atoms with Crippen LogP contribution in [-0.2, 0) is 17.4 Å². The Hall–Kier alpha value is -2.83. The fraction of sp³-hybridized carbons (Fsp3) is 0.250. The molecule has 154 valence electrons. The lowest BCUT2D eigenvalue weighted by molar-refractivity contribution is 0.459. The van der Waals surface area contributed by atoms with Gasteiger partial charge in [-0.3, -0.25) is 10.1 Å². The summed E-state index contributed by atoms with van der Waals surface area (Å²) >= 11 is 0. The van der Waals surface area contributed by atoms with E-state index in [4.69, 9.17) is 9.66 Å². The van der Waals surface area contributed by atoms with Crippen molar-refractivity contribution in [1.82, 2.24) is 10.1 Å². The lowest BCUT2D eigenvalue weighted by Crippen LogP contribution is -2.34. The average Bonchev–Trinajstić information content (AvgIpc) is 3.18. The third-order valence-electron chi connectivity index (χ3n) is 5.50. The molecule has 0 saturated heterocycles. The number of pyridine rings is 1. The Morgan fingerprint density at radius 3 is 2.53 bits per heavy atom. The first-order valence-electron chi connectivity index (χ1n) is 9.95. The summed E-state index contributed by atoms with van der Waals surface area (Å²) in [6.45, 7) is 3.89. The Morgan fingerprint density at radius 1 is 1.03 bits per heavy atom. The molecule has 4 aromatic rings. The maximum atomic E-state index is 12.2. The molecular weight excluding hydrogens is 394 g/mol. The lowest BCUT2D eigenvalue weighted by Gasteiger charge is -2.28. The van der Waals surface area contributed by atoms with Crippen molar-refractivity contribution in [3.05, 3.63) is 84.2 Å². The number of aromatic nitrogens is 2. The fourth-order valence-electron chi connectivity index (χ4n) is 3.89. The summed E-state index contributed by atoms with van der Waals surface area (Å²) in [5, 5.41) is 11.2. The van der Waals surface area contributed by atoms with E-state index < -0.39 is 15.7 Å². The van der Waals surface area contributed by atoms with Crippen molar-refractivity contribution in [2.24, 2.45) is 5.14 Å². The molecule has 0 aliphatic heterocycles. The van der Waals surface area contributed by atoms with E-state index in [0.29, 0.717) is 12.8 Å². The second-order valence-corrected chi connectivity index (χ2v) is 9.80. The summed E-state index contributed by atoms with van der Waals surface area (Å²) < 4.78 is 17.2. The summed E-state index contributed by atoms with van der Waals surface area (Å²) in [6, 6.07) is 22.0. The minimum atomic E-state index is -1.45. The molecule has 5 nitrogen and oxygen atoms in total. The van der Waals surface area contributed by atoms with Crippen molar-refractivity contribution in [2.45, 2.75) is 37.4 Å². The van der Waals surface area contributed by atoms with Crippen molar-refractivity contribution >= 4 is 22.0 Å². The molecule has 30 heavy (non-hydrogen) atoms. The van der Waals surface area contributed by atoms with Gasteiger partial charge in [0.2, 0.25) is 0 Å². The second kappa shape index (κ2) is 8.50. The molecule has 0 radical (unpaired) electrons. The molecule has 2 aromatic carbocycles. The van der Waals surface area contributed by atoms with Gasteiger partial charge in [-0.15, -0.1) is 0 Å². The van der Waals surface area contributed by atoms with Gasteiger partial charge >= 0.3 is 0 Å². The molecule has 2 N–H and O–H groups in total. The molecule has 6 heteroatoms. The number of fused-ring (bicyclic) bond motifs is 1. The number of rotatable bonds is 7. The highest BCUT2D eigenvalue weighted by atomic mass is 32.2. The lowest BCUT2D eigenvalue weighted by atomic mass is 9.83. The molecule has 0 aliphatic carbocycles. The van der Waals surface area contributed by atoms with E-state index in [2.05, 4.69) is 22.3 Å². The molecule has 0 fully saturated rings. The summed E-state index contributed by atoms with van der Waals surface area (Å²) in [5.41, 5.74) is 4.70. The molecule has 0 spiro atoms. The highest BCUT2D eigenvalue weighted by molar-refractivity contribution is 7.84. The van der Waals surface area contributed by atoms with Crippen LogP contribution in [0.3, 0.4) is 0 Å². The highest BCUT2D eigenvalue weighted by Crippen LogP contribution is 2.38. The van der Waals surface area contributed by atoms with Crippen molar-refractivity contribution in [1.29, 1.82) is 0 Å². The van der Waals surface area contributed by atoms with E-state index in [-0.39, 0.29) is 5.92 Å². The van der Waals surface area contributed by atoms with E-state index >= 15 is 0 Å². The zero-order valence-electron chi connectivity index (χ0n) is 17.1. The molecule has 2 aromatic heterocycles. The van der Waals surface area contributed by atoms with Crippen LogP contribution in [0.4, 0.5) is 0 Å². The first-order valence-corrected chi connectivity index (χ1v) is 11.2. The molecule has 0 bridgehead atoms. The number of nitrogens with two attached hydrogens (primary N) is 1. The number of para-hydroxylation sites is 1. The van der Waals surface area contributed by atoms with Gasteiger partial charge in [0.25, 0.3) is 0 Å². The van der Waals surface area contributed by atoms with Crippen molar-refractivity contribution in [2.75, 3.05) is 0 Å². The number of benzene rings is 2. The van der Waals surface area contributed by atoms with E-state index in [1.54, 1.807) is 6.20 Å². The summed E-state index contributed by atoms with van der Waals surface area (Å²) in [4.78, 5) is 4.52. The van der Waals surface area contributed by atoms with Gasteiger partial charge in [-0.25, -0.2) is 4.21 Å². The number of hydrogen-bond donors (Lipinski definition) is 1. The van der Waals surface area contributed by atoms with Gasteiger partial charge in [0.15, 0.2) is 5.58 Å². The average molecular weight is 420 g/mol. The Morgan fingerprint density at radius 2 is 1.77 bits per heavy atom. The van der Waals surface area contributed by atoms with E-state index in [0.717, 1.165) is 33.5 Å². The van der Waals surface area contributed by atoms with Crippen molar-refractivity contribution in [3.8, 4) is 11.3 Å². The molecule has 1 unspecified atom stereocenters. The molecule has 2 heterocycles. The SMILES string of the molecule is CC(C)(C[C@H](Cc1ccccn1)c1ccccc1-c1noc2ccccc12)S(N)=O. The summed E-state index contributed by atoms with van der Waals surface area (Å²) in [6.07, 6.45) is 3.17. The number of nitrogens with zero attached hydrogens (tertiary/aromatic N) is 2. The van der Waals surface area contributed by atoms with Crippen LogP contribution in [-0.4, -0.2) is 19.1 Å². The van der Waals surface area contributed by atoms with Crippen molar-refractivity contribution in [3.63, 3.8) is 0 Å². The van der Waals surface area contributed by atoms with Crippen LogP contribution in [0.2, 0.25) is 0 Å². The zero-order valence-corrected chi connectivity index (χ0v) is 17.9.